The Morgan fingerprint density at radius 3 is 2.22 bits per heavy atom. The summed E-state index contributed by atoms with van der Waals surface area (Å²) in [6.07, 6.45) is 1.41. The van der Waals surface area contributed by atoms with Crippen LogP contribution in [0.2, 0.25) is 0 Å². The Bertz CT molecular complexity index is 192. The molecule has 0 aromatic heterocycles. The van der Waals surface area contributed by atoms with Crippen LogP contribution in [-0.2, 0) is 14.3 Å². The predicted octanol–water partition coefficient (Wildman–Crippen LogP) is 0.700. The monoisotopic (exact) mass is 168 g/mol. The second-order valence-corrected chi connectivity index (χ2v) is 3.54. The largest absolute Gasteiger partial charge is 0.375 e. The SMILES string of the molecule is CCC(=S)OS(C)(=O)=O. The molecule has 0 aliphatic heterocycles. The van der Waals surface area contributed by atoms with E-state index in [4.69, 9.17) is 0 Å². The number of hydrogen-bond donors (Lipinski definition) is 0. The highest BCUT2D eigenvalue weighted by Gasteiger charge is 2.03. The summed E-state index contributed by atoms with van der Waals surface area (Å²) in [4.78, 5) is 0. The molecule has 0 radical (unpaired) electrons. The van der Waals surface area contributed by atoms with Gasteiger partial charge in [0.15, 0.2) is 5.05 Å². The minimum absolute atomic E-state index is 0.109. The summed E-state index contributed by atoms with van der Waals surface area (Å²) in [7, 11) is -3.38. The van der Waals surface area contributed by atoms with Gasteiger partial charge >= 0.3 is 10.1 Å². The zero-order valence-electron chi connectivity index (χ0n) is 5.25. The second-order valence-electron chi connectivity index (χ2n) is 1.51. The molecule has 0 atom stereocenters. The fourth-order valence-electron chi connectivity index (χ4n) is 0.228. The summed E-state index contributed by atoms with van der Waals surface area (Å²) in [6.45, 7) is 1.73. The second kappa shape index (κ2) is 3.12. The van der Waals surface area contributed by atoms with Gasteiger partial charge in [0, 0.05) is 6.42 Å². The van der Waals surface area contributed by atoms with E-state index in [9.17, 15) is 8.42 Å². The van der Waals surface area contributed by atoms with Gasteiger partial charge in [-0.25, -0.2) is 0 Å². The lowest BCUT2D eigenvalue weighted by molar-refractivity contribution is 0.489. The van der Waals surface area contributed by atoms with Gasteiger partial charge in [0.1, 0.15) is 0 Å². The van der Waals surface area contributed by atoms with Gasteiger partial charge in [-0.15, -0.1) is 0 Å². The molecule has 0 spiro atoms. The lowest BCUT2D eigenvalue weighted by Gasteiger charge is -1.98. The maximum absolute atomic E-state index is 10.3. The number of rotatable bonds is 2. The summed E-state index contributed by atoms with van der Waals surface area (Å²) < 4.78 is 24.9. The first kappa shape index (κ1) is 8.84. The van der Waals surface area contributed by atoms with E-state index >= 15 is 0 Å². The Morgan fingerprint density at radius 1 is 1.67 bits per heavy atom. The first-order valence-electron chi connectivity index (χ1n) is 2.38. The molecule has 0 bridgehead atoms. The van der Waals surface area contributed by atoms with Crippen molar-refractivity contribution in [1.29, 1.82) is 0 Å². The molecule has 0 rings (SSSR count). The molecule has 0 aliphatic rings. The third-order valence-electron chi connectivity index (χ3n) is 0.533. The predicted molar refractivity (Wildman–Crippen MR) is 38.8 cm³/mol. The van der Waals surface area contributed by atoms with E-state index < -0.39 is 10.1 Å². The van der Waals surface area contributed by atoms with Crippen LogP contribution in [0, 0.1) is 0 Å². The van der Waals surface area contributed by atoms with Crippen molar-refractivity contribution in [3.63, 3.8) is 0 Å². The molecule has 0 heterocycles. The summed E-state index contributed by atoms with van der Waals surface area (Å²) in [5.41, 5.74) is 0. The molecule has 9 heavy (non-hydrogen) atoms. The third kappa shape index (κ3) is 5.72. The molecular weight excluding hydrogens is 160 g/mol. The van der Waals surface area contributed by atoms with Crippen LogP contribution < -0.4 is 0 Å². The first-order chi connectivity index (χ1) is 3.95. The lowest BCUT2D eigenvalue weighted by atomic mass is 10.5. The molecule has 3 nitrogen and oxygen atoms in total. The molecule has 0 aromatic carbocycles. The molecule has 0 aliphatic carbocycles. The molecule has 0 saturated heterocycles. The van der Waals surface area contributed by atoms with E-state index in [0.717, 1.165) is 6.26 Å². The first-order valence-corrected chi connectivity index (χ1v) is 4.60. The summed E-state index contributed by atoms with van der Waals surface area (Å²) in [5.74, 6) is 0. The quantitative estimate of drug-likeness (QED) is 0.449. The standard InChI is InChI=1S/C4H8O3S2/c1-3-4(8)7-9(2,5)6/h3H2,1-2H3. The highest BCUT2D eigenvalue weighted by atomic mass is 32.2. The molecule has 54 valence electrons. The van der Waals surface area contributed by atoms with Gasteiger partial charge in [-0.1, -0.05) is 6.92 Å². The Morgan fingerprint density at radius 2 is 2.11 bits per heavy atom. The number of hydrogen-bond acceptors (Lipinski definition) is 4. The van der Waals surface area contributed by atoms with Gasteiger partial charge in [0.25, 0.3) is 0 Å². The van der Waals surface area contributed by atoms with Crippen LogP contribution in [0.25, 0.3) is 0 Å². The van der Waals surface area contributed by atoms with Crippen molar-refractivity contribution in [2.75, 3.05) is 6.26 Å². The highest BCUT2D eigenvalue weighted by molar-refractivity contribution is 7.88. The maximum Gasteiger partial charge on any atom is 0.306 e. The smallest absolute Gasteiger partial charge is 0.306 e. The summed E-state index contributed by atoms with van der Waals surface area (Å²) in [6, 6.07) is 0. The van der Waals surface area contributed by atoms with E-state index in [1.165, 1.54) is 0 Å². The van der Waals surface area contributed by atoms with E-state index in [0.29, 0.717) is 6.42 Å². The lowest BCUT2D eigenvalue weighted by Crippen LogP contribution is -2.07. The van der Waals surface area contributed by atoms with Crippen LogP contribution in [0.4, 0.5) is 0 Å². The van der Waals surface area contributed by atoms with Crippen molar-refractivity contribution in [2.45, 2.75) is 13.3 Å². The van der Waals surface area contributed by atoms with Crippen LogP contribution in [0.5, 0.6) is 0 Å². The molecular formula is C4H8O3S2. The zero-order valence-corrected chi connectivity index (χ0v) is 6.88. The van der Waals surface area contributed by atoms with Crippen LogP contribution in [0.1, 0.15) is 13.3 Å². The van der Waals surface area contributed by atoms with E-state index in [1.54, 1.807) is 6.92 Å². The van der Waals surface area contributed by atoms with Crippen LogP contribution >= 0.6 is 12.2 Å². The zero-order chi connectivity index (χ0) is 7.49. The molecule has 0 fully saturated rings. The van der Waals surface area contributed by atoms with E-state index in [-0.39, 0.29) is 5.05 Å². The van der Waals surface area contributed by atoms with Crippen molar-refractivity contribution in [3.05, 3.63) is 0 Å². The normalized spacial score (nSPS) is 10.9. The maximum atomic E-state index is 10.3. The molecule has 0 unspecified atom stereocenters. The minimum Gasteiger partial charge on any atom is -0.375 e. The topological polar surface area (TPSA) is 43.4 Å². The van der Waals surface area contributed by atoms with Gasteiger partial charge < -0.3 is 4.18 Å². The summed E-state index contributed by atoms with van der Waals surface area (Å²) in [5, 5.41) is 0.109. The molecule has 0 aromatic rings. The average Bonchev–Trinajstić information content (AvgIpc) is 1.62. The van der Waals surface area contributed by atoms with Crippen molar-refractivity contribution < 1.29 is 12.6 Å². The molecule has 0 saturated carbocycles. The fourth-order valence-corrected chi connectivity index (χ4v) is 1.05. The van der Waals surface area contributed by atoms with E-state index in [2.05, 4.69) is 16.4 Å². The van der Waals surface area contributed by atoms with Crippen molar-refractivity contribution in [1.82, 2.24) is 0 Å². The third-order valence-corrected chi connectivity index (χ3v) is 1.51. The summed E-state index contributed by atoms with van der Waals surface area (Å²) >= 11 is 4.50. The minimum atomic E-state index is -3.38. The van der Waals surface area contributed by atoms with Crippen LogP contribution in [0.3, 0.4) is 0 Å². The van der Waals surface area contributed by atoms with Crippen LogP contribution in [-0.4, -0.2) is 19.7 Å². The van der Waals surface area contributed by atoms with Gasteiger partial charge in [-0.05, 0) is 12.2 Å². The fraction of sp³-hybridized carbons (Fsp3) is 0.750. The average molecular weight is 168 g/mol. The Balaban J connectivity index is 3.91. The van der Waals surface area contributed by atoms with Crippen molar-refractivity contribution in [2.24, 2.45) is 0 Å². The van der Waals surface area contributed by atoms with Crippen molar-refractivity contribution in [3.8, 4) is 0 Å². The Labute approximate surface area is 60.1 Å². The van der Waals surface area contributed by atoms with Gasteiger partial charge in [-0.3, -0.25) is 0 Å². The molecule has 0 amide bonds. The highest BCUT2D eigenvalue weighted by Crippen LogP contribution is 1.93. The van der Waals surface area contributed by atoms with Crippen LogP contribution in [0.15, 0.2) is 0 Å². The van der Waals surface area contributed by atoms with Gasteiger partial charge in [0.05, 0.1) is 6.26 Å². The Kier molecular flexibility index (Phi) is 3.07. The molecule has 5 heteroatoms. The molecule has 0 N–H and O–H groups in total. The van der Waals surface area contributed by atoms with Gasteiger partial charge in [-0.2, -0.15) is 8.42 Å². The van der Waals surface area contributed by atoms with Crippen molar-refractivity contribution >= 4 is 27.4 Å². The van der Waals surface area contributed by atoms with Gasteiger partial charge in [0.2, 0.25) is 0 Å². The van der Waals surface area contributed by atoms with E-state index in [1.807, 2.05) is 0 Å². The Hall–Kier alpha value is -0.160. The number of thiocarbonyl (C=S) groups is 1.